The quantitative estimate of drug-likeness (QED) is 0.378. The summed E-state index contributed by atoms with van der Waals surface area (Å²) < 4.78 is 1.10. The van der Waals surface area contributed by atoms with Crippen LogP contribution in [0.3, 0.4) is 0 Å². The van der Waals surface area contributed by atoms with Gasteiger partial charge in [-0.1, -0.05) is 40.2 Å². The summed E-state index contributed by atoms with van der Waals surface area (Å²) in [6, 6.07) is 8.97. The topological polar surface area (TPSA) is 75.1 Å². The lowest BCUT2D eigenvalue weighted by Crippen LogP contribution is -2.35. The number of fused-ring (bicyclic) bond motifs is 3. The lowest BCUT2D eigenvalue weighted by atomic mass is 10.1. The number of hydrogen-bond acceptors (Lipinski definition) is 3. The molecule has 0 radical (unpaired) electrons. The van der Waals surface area contributed by atoms with E-state index >= 15 is 0 Å². The number of rotatable bonds is 0. The van der Waals surface area contributed by atoms with Gasteiger partial charge in [-0.2, -0.15) is 0 Å². The summed E-state index contributed by atoms with van der Waals surface area (Å²) in [4.78, 5) is 25.3. The molecule has 0 saturated carbocycles. The summed E-state index contributed by atoms with van der Waals surface area (Å²) in [6.07, 6.45) is 0. The van der Waals surface area contributed by atoms with Gasteiger partial charge in [-0.15, -0.1) is 4.73 Å². The number of benzene rings is 2. The molecule has 0 aliphatic heterocycles. The molecule has 5 nitrogen and oxygen atoms in total. The lowest BCUT2D eigenvalue weighted by Gasteiger charge is -2.07. The number of halogens is 1. The minimum atomic E-state index is -0.996. The molecule has 0 amide bonds. The van der Waals surface area contributed by atoms with Crippen molar-refractivity contribution in [1.29, 1.82) is 0 Å². The summed E-state index contributed by atoms with van der Waals surface area (Å²) in [5.74, 6) is 0. The van der Waals surface area contributed by atoms with Crippen LogP contribution in [-0.2, 0) is 0 Å². The van der Waals surface area contributed by atoms with Gasteiger partial charge >= 0.3 is 11.1 Å². The summed E-state index contributed by atoms with van der Waals surface area (Å²) >= 11 is 3.38. The Hall–Kier alpha value is -2.08. The fourth-order valence-corrected chi connectivity index (χ4v) is 2.55. The largest absolute Gasteiger partial charge is 0.425 e. The van der Waals surface area contributed by atoms with Gasteiger partial charge in [0.15, 0.2) is 0 Å². The van der Waals surface area contributed by atoms with E-state index in [4.69, 9.17) is 0 Å². The van der Waals surface area contributed by atoms with Crippen LogP contribution in [0.2, 0.25) is 0 Å². The molecular weight excluding hydrogens is 300 g/mol. The molecule has 0 spiro atoms. The third kappa shape index (κ3) is 1.39. The number of hydrogen-bond donors (Lipinski definition) is 2. The predicted molar refractivity (Wildman–Crippen MR) is 71.2 cm³/mol. The Morgan fingerprint density at radius 2 is 1.83 bits per heavy atom. The second kappa shape index (κ2) is 3.71. The Morgan fingerprint density at radius 1 is 1.17 bits per heavy atom. The molecule has 0 fully saturated rings. The van der Waals surface area contributed by atoms with Crippen LogP contribution in [0.4, 0.5) is 0 Å². The zero-order valence-corrected chi connectivity index (χ0v) is 10.6. The van der Waals surface area contributed by atoms with Crippen LogP contribution in [0.15, 0.2) is 44.4 Å². The highest BCUT2D eigenvalue weighted by Crippen LogP contribution is 2.29. The fourth-order valence-electron chi connectivity index (χ4n) is 1.99. The molecule has 0 aliphatic rings. The van der Waals surface area contributed by atoms with Gasteiger partial charge in [0.1, 0.15) is 5.52 Å². The van der Waals surface area contributed by atoms with Crippen LogP contribution in [0.1, 0.15) is 0 Å². The molecule has 0 unspecified atom stereocenters. The first-order valence-corrected chi connectivity index (χ1v) is 5.94. The SMILES string of the molecule is O=c1[nH]c2c3ccccc3c(Br)cc2n(O)c1=O. The number of nitrogens with zero attached hydrogens (tertiary/aromatic N) is 1. The highest BCUT2D eigenvalue weighted by atomic mass is 79.9. The van der Waals surface area contributed by atoms with E-state index in [9.17, 15) is 14.8 Å². The molecule has 1 aromatic heterocycles. The zero-order valence-electron chi connectivity index (χ0n) is 8.98. The van der Waals surface area contributed by atoms with Gasteiger partial charge in [0.05, 0.1) is 5.52 Å². The van der Waals surface area contributed by atoms with E-state index in [0.717, 1.165) is 15.2 Å². The van der Waals surface area contributed by atoms with E-state index in [2.05, 4.69) is 20.9 Å². The van der Waals surface area contributed by atoms with Crippen LogP contribution in [0.25, 0.3) is 21.8 Å². The molecule has 90 valence electrons. The van der Waals surface area contributed by atoms with Crippen LogP contribution in [0, 0.1) is 0 Å². The first-order chi connectivity index (χ1) is 8.59. The summed E-state index contributed by atoms with van der Waals surface area (Å²) in [5.41, 5.74) is -1.16. The second-order valence-corrected chi connectivity index (χ2v) is 4.72. The van der Waals surface area contributed by atoms with Gasteiger partial charge in [-0.05, 0) is 11.5 Å². The molecule has 18 heavy (non-hydrogen) atoms. The van der Waals surface area contributed by atoms with Crippen LogP contribution in [-0.4, -0.2) is 14.9 Å². The first-order valence-electron chi connectivity index (χ1n) is 5.15. The highest BCUT2D eigenvalue weighted by Gasteiger charge is 2.11. The molecule has 0 atom stereocenters. The monoisotopic (exact) mass is 306 g/mol. The first kappa shape index (κ1) is 11.0. The Morgan fingerprint density at radius 3 is 2.56 bits per heavy atom. The summed E-state index contributed by atoms with van der Waals surface area (Å²) in [7, 11) is 0. The van der Waals surface area contributed by atoms with Crippen molar-refractivity contribution in [3.63, 3.8) is 0 Å². The van der Waals surface area contributed by atoms with Crippen molar-refractivity contribution in [2.24, 2.45) is 0 Å². The molecule has 0 bridgehead atoms. The maximum atomic E-state index is 11.4. The smallest absolute Gasteiger partial charge is 0.348 e. The van der Waals surface area contributed by atoms with Gasteiger partial charge in [0.2, 0.25) is 0 Å². The number of aromatic amines is 1. The Labute approximate surface area is 108 Å². The molecule has 3 rings (SSSR count). The molecule has 6 heteroatoms. The molecule has 3 aromatic rings. The average Bonchev–Trinajstić information content (AvgIpc) is 2.38. The van der Waals surface area contributed by atoms with E-state index in [1.807, 2.05) is 24.3 Å². The van der Waals surface area contributed by atoms with Crippen LogP contribution >= 0.6 is 15.9 Å². The van der Waals surface area contributed by atoms with Gasteiger partial charge < -0.3 is 10.2 Å². The van der Waals surface area contributed by atoms with Crippen molar-refractivity contribution < 1.29 is 5.21 Å². The van der Waals surface area contributed by atoms with Gasteiger partial charge in [0, 0.05) is 9.86 Å². The molecular formula is C12H7BrN2O3. The minimum absolute atomic E-state index is 0.255. The molecule has 2 aromatic carbocycles. The predicted octanol–water partition coefficient (Wildman–Crippen LogP) is 1.84. The van der Waals surface area contributed by atoms with Crippen LogP contribution < -0.4 is 11.1 Å². The molecule has 2 N–H and O–H groups in total. The Kier molecular flexibility index (Phi) is 2.27. The third-order valence-electron chi connectivity index (χ3n) is 2.83. The Balaban J connectivity index is 2.73. The van der Waals surface area contributed by atoms with Crippen molar-refractivity contribution in [3.8, 4) is 0 Å². The second-order valence-electron chi connectivity index (χ2n) is 3.87. The van der Waals surface area contributed by atoms with Crippen molar-refractivity contribution in [1.82, 2.24) is 9.71 Å². The average molecular weight is 307 g/mol. The fraction of sp³-hybridized carbons (Fsp3) is 0. The highest BCUT2D eigenvalue weighted by molar-refractivity contribution is 9.10. The van der Waals surface area contributed by atoms with Crippen molar-refractivity contribution >= 4 is 37.7 Å². The minimum Gasteiger partial charge on any atom is -0.425 e. The van der Waals surface area contributed by atoms with Gasteiger partial charge in [0.25, 0.3) is 0 Å². The molecule has 0 aliphatic carbocycles. The summed E-state index contributed by atoms with van der Waals surface area (Å²) in [6.45, 7) is 0. The van der Waals surface area contributed by atoms with Crippen molar-refractivity contribution in [3.05, 3.63) is 55.5 Å². The molecule has 1 heterocycles. The van der Waals surface area contributed by atoms with E-state index < -0.39 is 11.1 Å². The van der Waals surface area contributed by atoms with E-state index in [1.165, 1.54) is 0 Å². The lowest BCUT2D eigenvalue weighted by molar-refractivity contribution is 0.187. The number of nitrogens with one attached hydrogen (secondary N) is 1. The van der Waals surface area contributed by atoms with Crippen molar-refractivity contribution in [2.75, 3.05) is 0 Å². The van der Waals surface area contributed by atoms with Gasteiger partial charge in [-0.3, -0.25) is 9.59 Å². The van der Waals surface area contributed by atoms with Gasteiger partial charge in [-0.25, -0.2) is 0 Å². The normalized spacial score (nSPS) is 11.2. The molecule has 0 saturated heterocycles. The van der Waals surface area contributed by atoms with E-state index in [-0.39, 0.29) is 5.52 Å². The maximum Gasteiger partial charge on any atom is 0.348 e. The van der Waals surface area contributed by atoms with Crippen molar-refractivity contribution in [2.45, 2.75) is 0 Å². The number of H-pyrrole nitrogens is 1. The standard InChI is InChI=1S/C12H7BrN2O3/c13-8-5-9-10(7-4-2-1-3-6(7)8)14-11(16)12(17)15(9)18/h1-5,18H,(H,14,16). The zero-order chi connectivity index (χ0) is 12.9. The Bertz CT molecular complexity index is 895. The maximum absolute atomic E-state index is 11.4. The van der Waals surface area contributed by atoms with E-state index in [0.29, 0.717) is 10.2 Å². The van der Waals surface area contributed by atoms with E-state index in [1.54, 1.807) is 6.07 Å². The van der Waals surface area contributed by atoms with Crippen LogP contribution in [0.5, 0.6) is 0 Å². The summed E-state index contributed by atoms with van der Waals surface area (Å²) in [5, 5.41) is 11.3. The third-order valence-corrected chi connectivity index (χ3v) is 3.48. The number of aromatic nitrogens is 2.